The first-order valence-corrected chi connectivity index (χ1v) is 10.2. The van der Waals surface area contributed by atoms with Crippen molar-refractivity contribution in [2.24, 2.45) is 5.92 Å². The molecule has 1 N–H and O–H groups in total. The van der Waals surface area contributed by atoms with Crippen molar-refractivity contribution in [1.29, 1.82) is 5.26 Å². The molecule has 2 aromatic rings. The van der Waals surface area contributed by atoms with E-state index in [2.05, 4.69) is 27.8 Å². The maximum atomic E-state index is 13.0. The standard InChI is InChI=1S/C23H23N5O3/c1-2-9-25-23(29)19-13-17-12-18(28(30)31)7-8-21(17)27-11-10-26(15-22(19)27)20-6-4-3-5-16(20)14-24/h2-8,12,19,22H,1,9-11,13,15H2,(H,25,29)/t19-,22+/m0/s1. The summed E-state index contributed by atoms with van der Waals surface area (Å²) in [5.41, 5.74) is 3.26. The van der Waals surface area contributed by atoms with E-state index in [4.69, 9.17) is 0 Å². The van der Waals surface area contributed by atoms with Crippen LogP contribution in [0.2, 0.25) is 0 Å². The molecule has 4 rings (SSSR count). The van der Waals surface area contributed by atoms with Crippen molar-refractivity contribution in [1.82, 2.24) is 5.32 Å². The smallest absolute Gasteiger partial charge is 0.269 e. The minimum absolute atomic E-state index is 0.0315. The fourth-order valence-corrected chi connectivity index (χ4v) is 4.59. The number of rotatable bonds is 5. The predicted molar refractivity (Wildman–Crippen MR) is 118 cm³/mol. The number of nitrogens with zero attached hydrogens (tertiary/aromatic N) is 4. The van der Waals surface area contributed by atoms with Gasteiger partial charge in [0, 0.05) is 44.0 Å². The minimum atomic E-state index is -0.407. The van der Waals surface area contributed by atoms with Gasteiger partial charge in [-0.2, -0.15) is 5.26 Å². The summed E-state index contributed by atoms with van der Waals surface area (Å²) in [6.07, 6.45) is 2.06. The molecule has 0 aromatic heterocycles. The monoisotopic (exact) mass is 417 g/mol. The first-order chi connectivity index (χ1) is 15.0. The summed E-state index contributed by atoms with van der Waals surface area (Å²) in [4.78, 5) is 28.2. The molecule has 2 aliphatic rings. The number of carbonyl (C=O) groups excluding carboxylic acids is 1. The van der Waals surface area contributed by atoms with Gasteiger partial charge in [-0.15, -0.1) is 6.58 Å². The third kappa shape index (κ3) is 3.82. The molecule has 0 unspecified atom stereocenters. The highest BCUT2D eigenvalue weighted by Gasteiger charge is 2.42. The second kappa shape index (κ2) is 8.48. The van der Waals surface area contributed by atoms with Crippen LogP contribution in [0.25, 0.3) is 0 Å². The number of nitro groups is 1. The van der Waals surface area contributed by atoms with E-state index in [0.29, 0.717) is 38.2 Å². The normalized spacial score (nSPS) is 19.6. The summed E-state index contributed by atoms with van der Waals surface area (Å²) in [7, 11) is 0. The molecule has 2 heterocycles. The van der Waals surface area contributed by atoms with E-state index in [1.54, 1.807) is 24.3 Å². The number of hydrogen-bond acceptors (Lipinski definition) is 6. The van der Waals surface area contributed by atoms with Crippen LogP contribution in [0.1, 0.15) is 11.1 Å². The number of non-ortho nitro benzene ring substituents is 1. The Kier molecular flexibility index (Phi) is 5.58. The van der Waals surface area contributed by atoms with Crippen molar-refractivity contribution in [2.45, 2.75) is 12.5 Å². The molecule has 1 amide bonds. The maximum absolute atomic E-state index is 13.0. The van der Waals surface area contributed by atoms with Crippen LogP contribution in [0.4, 0.5) is 17.1 Å². The van der Waals surface area contributed by atoms with E-state index in [0.717, 1.165) is 16.9 Å². The summed E-state index contributed by atoms with van der Waals surface area (Å²) in [5.74, 6) is -0.464. The van der Waals surface area contributed by atoms with Gasteiger partial charge in [0.15, 0.2) is 0 Å². The van der Waals surface area contributed by atoms with Crippen LogP contribution >= 0.6 is 0 Å². The number of nitrogens with one attached hydrogen (secondary N) is 1. The van der Waals surface area contributed by atoms with E-state index < -0.39 is 4.92 Å². The Morgan fingerprint density at radius 3 is 2.84 bits per heavy atom. The van der Waals surface area contributed by atoms with Gasteiger partial charge >= 0.3 is 0 Å². The van der Waals surface area contributed by atoms with Gasteiger partial charge in [-0.25, -0.2) is 0 Å². The van der Waals surface area contributed by atoms with Gasteiger partial charge in [-0.3, -0.25) is 14.9 Å². The molecule has 31 heavy (non-hydrogen) atoms. The topological polar surface area (TPSA) is 103 Å². The molecular formula is C23H23N5O3. The molecule has 8 heteroatoms. The number of para-hydroxylation sites is 1. The zero-order valence-electron chi connectivity index (χ0n) is 17.0. The maximum Gasteiger partial charge on any atom is 0.269 e. The molecule has 8 nitrogen and oxygen atoms in total. The predicted octanol–water partition coefficient (Wildman–Crippen LogP) is 2.64. The van der Waals surface area contributed by atoms with Gasteiger partial charge in [-0.05, 0) is 30.2 Å². The van der Waals surface area contributed by atoms with Crippen LogP contribution in [0.3, 0.4) is 0 Å². The van der Waals surface area contributed by atoms with Crippen LogP contribution in [0.15, 0.2) is 55.1 Å². The molecule has 2 aliphatic heterocycles. The second-order valence-corrected chi connectivity index (χ2v) is 7.75. The van der Waals surface area contributed by atoms with Crippen molar-refractivity contribution in [3.63, 3.8) is 0 Å². The average Bonchev–Trinajstić information content (AvgIpc) is 2.81. The third-order valence-corrected chi connectivity index (χ3v) is 6.03. The van der Waals surface area contributed by atoms with Crippen LogP contribution in [-0.2, 0) is 11.2 Å². The lowest BCUT2D eigenvalue weighted by Gasteiger charge is -2.49. The Hall–Kier alpha value is -3.86. The van der Waals surface area contributed by atoms with Gasteiger partial charge in [0.2, 0.25) is 5.91 Å². The first-order valence-electron chi connectivity index (χ1n) is 10.2. The average molecular weight is 417 g/mol. The number of amides is 1. The van der Waals surface area contributed by atoms with Crippen LogP contribution in [0.5, 0.6) is 0 Å². The van der Waals surface area contributed by atoms with Gasteiger partial charge in [0.05, 0.1) is 28.1 Å². The van der Waals surface area contributed by atoms with Crippen molar-refractivity contribution in [3.8, 4) is 6.07 Å². The van der Waals surface area contributed by atoms with E-state index in [-0.39, 0.29) is 23.6 Å². The number of benzene rings is 2. The number of fused-ring (bicyclic) bond motifs is 3. The molecular weight excluding hydrogens is 394 g/mol. The number of piperazine rings is 1. The first kappa shape index (κ1) is 20.4. The largest absolute Gasteiger partial charge is 0.367 e. The Labute approximate surface area is 180 Å². The second-order valence-electron chi connectivity index (χ2n) is 7.75. The van der Waals surface area contributed by atoms with Crippen LogP contribution in [0, 0.1) is 27.4 Å². The zero-order valence-corrected chi connectivity index (χ0v) is 17.0. The van der Waals surface area contributed by atoms with Crippen LogP contribution in [-0.4, -0.2) is 43.1 Å². The fraction of sp³-hybridized carbons (Fsp3) is 0.304. The zero-order chi connectivity index (χ0) is 22.0. The SMILES string of the molecule is C=CCNC(=O)[C@H]1Cc2cc([N+](=O)[O-])ccc2N2CCN(c3ccccc3C#N)C[C@H]12. The number of nitriles is 1. The summed E-state index contributed by atoms with van der Waals surface area (Å²) in [6.45, 7) is 5.95. The molecule has 158 valence electrons. The minimum Gasteiger partial charge on any atom is -0.367 e. The quantitative estimate of drug-likeness (QED) is 0.456. The Balaban J connectivity index is 1.70. The van der Waals surface area contributed by atoms with E-state index >= 15 is 0 Å². The lowest BCUT2D eigenvalue weighted by Crippen LogP contribution is -2.61. The van der Waals surface area contributed by atoms with Gasteiger partial charge < -0.3 is 15.1 Å². The Morgan fingerprint density at radius 1 is 1.29 bits per heavy atom. The van der Waals surface area contributed by atoms with Gasteiger partial charge in [-0.1, -0.05) is 18.2 Å². The summed E-state index contributed by atoms with van der Waals surface area (Å²) in [5, 5.41) is 23.7. The summed E-state index contributed by atoms with van der Waals surface area (Å²) < 4.78 is 0. The highest BCUT2D eigenvalue weighted by atomic mass is 16.6. The summed E-state index contributed by atoms with van der Waals surface area (Å²) >= 11 is 0. The highest BCUT2D eigenvalue weighted by molar-refractivity contribution is 5.82. The lowest BCUT2D eigenvalue weighted by atomic mass is 9.83. The van der Waals surface area contributed by atoms with Gasteiger partial charge in [0.1, 0.15) is 6.07 Å². The van der Waals surface area contributed by atoms with E-state index in [1.165, 1.54) is 6.07 Å². The van der Waals surface area contributed by atoms with Gasteiger partial charge in [0.25, 0.3) is 5.69 Å². The van der Waals surface area contributed by atoms with Crippen LogP contribution < -0.4 is 15.1 Å². The van der Waals surface area contributed by atoms with E-state index in [1.807, 2.05) is 18.2 Å². The summed E-state index contributed by atoms with van der Waals surface area (Å²) in [6, 6.07) is 14.5. The molecule has 0 bridgehead atoms. The van der Waals surface area contributed by atoms with Crippen molar-refractivity contribution in [3.05, 3.63) is 76.4 Å². The van der Waals surface area contributed by atoms with E-state index in [9.17, 15) is 20.2 Å². The Morgan fingerprint density at radius 2 is 2.10 bits per heavy atom. The number of carbonyl (C=O) groups is 1. The molecule has 2 atom stereocenters. The molecule has 1 saturated heterocycles. The fourth-order valence-electron chi connectivity index (χ4n) is 4.59. The van der Waals surface area contributed by atoms with Crippen molar-refractivity contribution >= 4 is 23.0 Å². The third-order valence-electron chi connectivity index (χ3n) is 6.03. The number of nitro benzene ring substituents is 1. The number of anilines is 2. The molecule has 0 spiro atoms. The molecule has 0 aliphatic carbocycles. The molecule has 2 aromatic carbocycles. The molecule has 1 fully saturated rings. The Bertz CT molecular complexity index is 1080. The number of hydrogen-bond donors (Lipinski definition) is 1. The van der Waals surface area contributed by atoms with Crippen molar-refractivity contribution < 1.29 is 9.72 Å². The lowest BCUT2D eigenvalue weighted by molar-refractivity contribution is -0.384. The van der Waals surface area contributed by atoms with Crippen molar-refractivity contribution in [2.75, 3.05) is 36.0 Å². The highest BCUT2D eigenvalue weighted by Crippen LogP contribution is 2.39. The molecule has 0 saturated carbocycles. The molecule has 0 radical (unpaired) electrons.